The van der Waals surface area contributed by atoms with Gasteiger partial charge >= 0.3 is 0 Å². The first-order chi connectivity index (χ1) is 15.3. The molecule has 32 heavy (non-hydrogen) atoms. The minimum absolute atomic E-state index is 0.102. The Morgan fingerprint density at radius 1 is 0.938 bits per heavy atom. The fraction of sp³-hybridized carbons (Fsp3) is 0.333. The molecule has 1 aromatic heterocycles. The van der Waals surface area contributed by atoms with Crippen molar-refractivity contribution in [1.29, 1.82) is 0 Å². The normalized spacial score (nSPS) is 10.8. The van der Waals surface area contributed by atoms with Gasteiger partial charge in [-0.3, -0.25) is 9.59 Å². The Hall–Kier alpha value is -3.13. The Kier molecular flexibility index (Phi) is 7.69. The highest BCUT2D eigenvalue weighted by atomic mass is 32.2. The highest BCUT2D eigenvalue weighted by molar-refractivity contribution is 7.99. The maximum Gasteiger partial charge on any atom is 0.234 e. The van der Waals surface area contributed by atoms with Gasteiger partial charge in [0, 0.05) is 17.9 Å². The number of rotatable bonds is 8. The van der Waals surface area contributed by atoms with E-state index in [4.69, 9.17) is 0 Å². The van der Waals surface area contributed by atoms with Crippen molar-refractivity contribution in [2.45, 2.75) is 52.7 Å². The van der Waals surface area contributed by atoms with Crippen LogP contribution < -0.4 is 10.6 Å². The van der Waals surface area contributed by atoms with Crippen LogP contribution in [0.15, 0.2) is 41.6 Å². The van der Waals surface area contributed by atoms with Gasteiger partial charge < -0.3 is 15.2 Å². The molecule has 0 fully saturated rings. The van der Waals surface area contributed by atoms with Crippen molar-refractivity contribution < 1.29 is 9.59 Å². The maximum atomic E-state index is 12.5. The third-order valence-corrected chi connectivity index (χ3v) is 6.09. The SMILES string of the molecule is CCn1c(CC(=O)Nc2ccccc2C)nnc1SCC(=O)Nc1c(C)cc(C)cc1C. The highest BCUT2D eigenvalue weighted by Gasteiger charge is 2.17. The first-order valence-corrected chi connectivity index (χ1v) is 11.5. The van der Waals surface area contributed by atoms with Crippen molar-refractivity contribution in [2.75, 3.05) is 16.4 Å². The molecule has 0 saturated heterocycles. The summed E-state index contributed by atoms with van der Waals surface area (Å²) in [7, 11) is 0. The zero-order valence-corrected chi connectivity index (χ0v) is 20.0. The monoisotopic (exact) mass is 451 g/mol. The molecule has 168 valence electrons. The number of hydrogen-bond donors (Lipinski definition) is 2. The van der Waals surface area contributed by atoms with E-state index in [2.05, 4.69) is 33.0 Å². The average Bonchev–Trinajstić information content (AvgIpc) is 3.12. The first-order valence-electron chi connectivity index (χ1n) is 10.6. The number of hydrogen-bond acceptors (Lipinski definition) is 5. The van der Waals surface area contributed by atoms with Gasteiger partial charge in [-0.05, 0) is 57.4 Å². The lowest BCUT2D eigenvalue weighted by atomic mass is 10.1. The van der Waals surface area contributed by atoms with E-state index in [1.54, 1.807) is 0 Å². The molecule has 0 saturated carbocycles. The van der Waals surface area contributed by atoms with Crippen LogP contribution in [0.3, 0.4) is 0 Å². The van der Waals surface area contributed by atoms with Crippen LogP contribution in [0.2, 0.25) is 0 Å². The third kappa shape index (κ3) is 5.76. The molecule has 0 aliphatic rings. The molecule has 0 bridgehead atoms. The number of carbonyl (C=O) groups is 2. The van der Waals surface area contributed by atoms with E-state index in [0.717, 1.165) is 28.1 Å². The van der Waals surface area contributed by atoms with Crippen molar-refractivity contribution >= 4 is 35.0 Å². The molecule has 0 unspecified atom stereocenters. The van der Waals surface area contributed by atoms with Crippen molar-refractivity contribution in [1.82, 2.24) is 14.8 Å². The zero-order valence-electron chi connectivity index (χ0n) is 19.2. The topological polar surface area (TPSA) is 88.9 Å². The molecule has 0 atom stereocenters. The Morgan fingerprint density at radius 2 is 1.62 bits per heavy atom. The molecular formula is C24H29N5O2S. The van der Waals surface area contributed by atoms with E-state index >= 15 is 0 Å². The molecule has 8 heteroatoms. The van der Waals surface area contributed by atoms with Crippen LogP contribution in [0, 0.1) is 27.7 Å². The summed E-state index contributed by atoms with van der Waals surface area (Å²) in [5.74, 6) is 0.530. The predicted octanol–water partition coefficient (Wildman–Crippen LogP) is 4.44. The molecule has 0 spiro atoms. The lowest BCUT2D eigenvalue weighted by Crippen LogP contribution is -2.18. The van der Waals surface area contributed by atoms with E-state index in [1.807, 2.05) is 63.5 Å². The maximum absolute atomic E-state index is 12.5. The summed E-state index contributed by atoms with van der Waals surface area (Å²) < 4.78 is 1.87. The second kappa shape index (κ2) is 10.5. The largest absolute Gasteiger partial charge is 0.325 e. The number of aryl methyl sites for hydroxylation is 4. The smallest absolute Gasteiger partial charge is 0.234 e. The molecule has 0 radical (unpaired) electrons. The first kappa shape index (κ1) is 23.5. The summed E-state index contributed by atoms with van der Waals surface area (Å²) >= 11 is 1.31. The third-order valence-electron chi connectivity index (χ3n) is 5.12. The fourth-order valence-electron chi connectivity index (χ4n) is 3.61. The number of carbonyl (C=O) groups excluding carboxylic acids is 2. The second-order valence-electron chi connectivity index (χ2n) is 7.79. The summed E-state index contributed by atoms with van der Waals surface area (Å²) in [5.41, 5.74) is 5.89. The van der Waals surface area contributed by atoms with Gasteiger partial charge in [0.05, 0.1) is 12.2 Å². The number of amides is 2. The lowest BCUT2D eigenvalue weighted by Gasteiger charge is -2.13. The Bertz CT molecular complexity index is 1120. The van der Waals surface area contributed by atoms with Crippen LogP contribution in [-0.2, 0) is 22.6 Å². The van der Waals surface area contributed by atoms with Gasteiger partial charge in [-0.1, -0.05) is 47.7 Å². The van der Waals surface area contributed by atoms with Crippen LogP contribution in [0.5, 0.6) is 0 Å². The Balaban J connectivity index is 1.62. The average molecular weight is 452 g/mol. The Labute approximate surface area is 193 Å². The number of para-hydroxylation sites is 1. The molecule has 3 aromatic rings. The van der Waals surface area contributed by atoms with Crippen molar-refractivity contribution in [3.63, 3.8) is 0 Å². The van der Waals surface area contributed by atoms with Crippen molar-refractivity contribution in [2.24, 2.45) is 0 Å². The van der Waals surface area contributed by atoms with E-state index in [-0.39, 0.29) is 24.0 Å². The van der Waals surface area contributed by atoms with E-state index < -0.39 is 0 Å². The molecule has 2 N–H and O–H groups in total. The molecule has 2 amide bonds. The summed E-state index contributed by atoms with van der Waals surface area (Å²) in [6.45, 7) is 10.5. The van der Waals surface area contributed by atoms with Gasteiger partial charge in [-0.2, -0.15) is 0 Å². The zero-order chi connectivity index (χ0) is 23.3. The number of aromatic nitrogens is 3. The van der Waals surface area contributed by atoms with Gasteiger partial charge in [0.1, 0.15) is 5.82 Å². The quantitative estimate of drug-likeness (QED) is 0.494. The number of nitrogens with zero attached hydrogens (tertiary/aromatic N) is 3. The standard InChI is InChI=1S/C24H29N5O2S/c1-6-29-20(13-21(30)25-19-10-8-7-9-16(19)3)27-28-24(29)32-14-22(31)26-23-17(4)11-15(2)12-18(23)5/h7-12H,6,13-14H2,1-5H3,(H,25,30)(H,26,31). The predicted molar refractivity (Wildman–Crippen MR) is 129 cm³/mol. The van der Waals surface area contributed by atoms with Gasteiger partial charge in [-0.25, -0.2) is 0 Å². The second-order valence-corrected chi connectivity index (χ2v) is 8.74. The van der Waals surface area contributed by atoms with Gasteiger partial charge in [-0.15, -0.1) is 10.2 Å². The molecule has 7 nitrogen and oxygen atoms in total. The summed E-state index contributed by atoms with van der Waals surface area (Å²) in [4.78, 5) is 25.0. The number of anilines is 2. The van der Waals surface area contributed by atoms with Crippen LogP contribution in [0.4, 0.5) is 11.4 Å². The number of nitrogens with one attached hydrogen (secondary N) is 2. The van der Waals surface area contributed by atoms with E-state index in [0.29, 0.717) is 17.5 Å². The fourth-order valence-corrected chi connectivity index (χ4v) is 4.43. The molecular weight excluding hydrogens is 422 g/mol. The van der Waals surface area contributed by atoms with E-state index in [1.165, 1.54) is 17.3 Å². The van der Waals surface area contributed by atoms with Crippen LogP contribution >= 0.6 is 11.8 Å². The van der Waals surface area contributed by atoms with Gasteiger partial charge in [0.15, 0.2) is 5.16 Å². The van der Waals surface area contributed by atoms with Crippen LogP contribution in [0.25, 0.3) is 0 Å². The van der Waals surface area contributed by atoms with Gasteiger partial charge in [0.2, 0.25) is 11.8 Å². The lowest BCUT2D eigenvalue weighted by molar-refractivity contribution is -0.116. The minimum Gasteiger partial charge on any atom is -0.325 e. The molecule has 0 aliphatic carbocycles. The summed E-state index contributed by atoms with van der Waals surface area (Å²) in [5, 5.41) is 14.9. The van der Waals surface area contributed by atoms with Crippen molar-refractivity contribution in [3.05, 3.63) is 64.5 Å². The van der Waals surface area contributed by atoms with Crippen LogP contribution in [-0.4, -0.2) is 32.3 Å². The van der Waals surface area contributed by atoms with Crippen LogP contribution in [0.1, 0.15) is 35.0 Å². The summed E-state index contributed by atoms with van der Waals surface area (Å²) in [6, 6.07) is 11.7. The molecule has 3 rings (SSSR count). The molecule has 0 aliphatic heterocycles. The molecule has 1 heterocycles. The molecule has 2 aromatic carbocycles. The Morgan fingerprint density at radius 3 is 2.28 bits per heavy atom. The number of benzene rings is 2. The highest BCUT2D eigenvalue weighted by Crippen LogP contribution is 2.23. The number of thioether (sulfide) groups is 1. The van der Waals surface area contributed by atoms with Gasteiger partial charge in [0.25, 0.3) is 0 Å². The van der Waals surface area contributed by atoms with E-state index in [9.17, 15) is 9.59 Å². The van der Waals surface area contributed by atoms with Crippen molar-refractivity contribution in [3.8, 4) is 0 Å². The summed E-state index contributed by atoms with van der Waals surface area (Å²) in [6.07, 6.45) is 0.115. The minimum atomic E-state index is -0.152.